The lowest BCUT2D eigenvalue weighted by atomic mass is 9.98. The molecule has 21 heavy (non-hydrogen) atoms. The number of hydrogen-bond acceptors (Lipinski definition) is 5. The Morgan fingerprint density at radius 3 is 2.95 bits per heavy atom. The summed E-state index contributed by atoms with van der Waals surface area (Å²) in [5, 5.41) is 3.44. The van der Waals surface area contributed by atoms with Gasteiger partial charge in [0, 0.05) is 18.6 Å². The molecular weight excluding hydrogens is 270 g/mol. The lowest BCUT2D eigenvalue weighted by Crippen LogP contribution is -2.55. The molecule has 6 nitrogen and oxygen atoms in total. The van der Waals surface area contributed by atoms with Crippen molar-refractivity contribution in [3.8, 4) is 0 Å². The number of ether oxygens (including phenoxy) is 1. The zero-order valence-electron chi connectivity index (χ0n) is 13.3. The van der Waals surface area contributed by atoms with Crippen LogP contribution in [0.15, 0.2) is 17.0 Å². The van der Waals surface area contributed by atoms with Crippen LogP contribution in [0.2, 0.25) is 0 Å². The second kappa shape index (κ2) is 6.47. The lowest BCUT2D eigenvalue weighted by Gasteiger charge is -2.40. The summed E-state index contributed by atoms with van der Waals surface area (Å²) in [6.07, 6.45) is 4.90. The number of carbonyl (C=O) groups is 1. The minimum Gasteiger partial charge on any atom is -0.447 e. The van der Waals surface area contributed by atoms with E-state index in [0.29, 0.717) is 6.54 Å². The van der Waals surface area contributed by atoms with Gasteiger partial charge in [-0.3, -0.25) is 0 Å². The number of oxazole rings is 1. The van der Waals surface area contributed by atoms with Crippen molar-refractivity contribution < 1.29 is 13.9 Å². The number of carbonyl (C=O) groups excluding carboxylic acids is 1. The first-order valence-corrected chi connectivity index (χ1v) is 7.47. The van der Waals surface area contributed by atoms with Crippen LogP contribution in [0.5, 0.6) is 0 Å². The van der Waals surface area contributed by atoms with E-state index in [-0.39, 0.29) is 18.2 Å². The fourth-order valence-electron chi connectivity index (χ4n) is 2.56. The summed E-state index contributed by atoms with van der Waals surface area (Å²) < 4.78 is 10.7. The Balaban J connectivity index is 1.91. The zero-order chi connectivity index (χ0) is 15.5. The van der Waals surface area contributed by atoms with E-state index in [1.165, 1.54) is 6.39 Å². The Bertz CT molecular complexity index is 453. The molecule has 0 aromatic carbocycles. The Labute approximate surface area is 125 Å². The van der Waals surface area contributed by atoms with E-state index in [0.717, 1.165) is 25.1 Å². The number of likely N-dealkylation sites (tertiary alicyclic amines) is 1. The van der Waals surface area contributed by atoms with Crippen LogP contribution in [0.25, 0.3) is 0 Å². The normalized spacial score (nSPS) is 23.1. The summed E-state index contributed by atoms with van der Waals surface area (Å²) in [6.45, 7) is 9.09. The monoisotopic (exact) mass is 295 g/mol. The van der Waals surface area contributed by atoms with Gasteiger partial charge in [0.05, 0.1) is 12.7 Å². The molecule has 1 aliphatic heterocycles. The van der Waals surface area contributed by atoms with E-state index in [1.54, 1.807) is 6.20 Å². The van der Waals surface area contributed by atoms with Gasteiger partial charge in [-0.15, -0.1) is 0 Å². The summed E-state index contributed by atoms with van der Waals surface area (Å²) in [5.74, 6) is 0.802. The van der Waals surface area contributed by atoms with Crippen molar-refractivity contribution in [3.63, 3.8) is 0 Å². The highest BCUT2D eigenvalue weighted by Gasteiger charge is 2.33. The molecular formula is C15H25N3O3. The standard InChI is InChI=1S/C15H25N3O3/c1-11-13(17-9-12-8-16-10-20-12)6-5-7-18(11)14(19)21-15(2,3)4/h8,10-11,13,17H,5-7,9H2,1-4H3. The van der Waals surface area contributed by atoms with E-state index in [1.807, 2.05) is 25.7 Å². The highest BCUT2D eigenvalue weighted by Crippen LogP contribution is 2.21. The van der Waals surface area contributed by atoms with Crippen molar-refractivity contribution in [2.45, 2.75) is 64.8 Å². The molecule has 0 saturated carbocycles. The van der Waals surface area contributed by atoms with Gasteiger partial charge in [-0.05, 0) is 40.5 Å². The van der Waals surface area contributed by atoms with Crippen LogP contribution in [0.3, 0.4) is 0 Å². The fourth-order valence-corrected chi connectivity index (χ4v) is 2.56. The van der Waals surface area contributed by atoms with Gasteiger partial charge < -0.3 is 19.4 Å². The van der Waals surface area contributed by atoms with Gasteiger partial charge in [0.15, 0.2) is 6.39 Å². The van der Waals surface area contributed by atoms with Crippen LogP contribution in [-0.2, 0) is 11.3 Å². The summed E-state index contributed by atoms with van der Waals surface area (Å²) >= 11 is 0. The maximum atomic E-state index is 12.3. The number of aromatic nitrogens is 1. The first kappa shape index (κ1) is 15.8. The van der Waals surface area contributed by atoms with Gasteiger partial charge in [0.1, 0.15) is 11.4 Å². The first-order chi connectivity index (χ1) is 9.87. The third-order valence-electron chi connectivity index (χ3n) is 3.64. The molecule has 2 atom stereocenters. The molecule has 1 fully saturated rings. The van der Waals surface area contributed by atoms with Crippen molar-refractivity contribution in [1.29, 1.82) is 0 Å². The minimum absolute atomic E-state index is 0.0940. The Hall–Kier alpha value is -1.56. The summed E-state index contributed by atoms with van der Waals surface area (Å²) in [5.41, 5.74) is -0.461. The van der Waals surface area contributed by atoms with Crippen LogP contribution in [0, 0.1) is 0 Å². The highest BCUT2D eigenvalue weighted by molar-refractivity contribution is 5.68. The topological polar surface area (TPSA) is 67.6 Å². The van der Waals surface area contributed by atoms with Gasteiger partial charge in [0.2, 0.25) is 0 Å². The highest BCUT2D eigenvalue weighted by atomic mass is 16.6. The van der Waals surface area contributed by atoms with E-state index in [9.17, 15) is 4.79 Å². The van der Waals surface area contributed by atoms with Crippen LogP contribution in [-0.4, -0.2) is 40.2 Å². The van der Waals surface area contributed by atoms with Crippen molar-refractivity contribution in [2.75, 3.05) is 6.54 Å². The van der Waals surface area contributed by atoms with Gasteiger partial charge in [-0.25, -0.2) is 9.78 Å². The maximum Gasteiger partial charge on any atom is 0.410 e. The molecule has 0 radical (unpaired) electrons. The van der Waals surface area contributed by atoms with Crippen LogP contribution < -0.4 is 5.32 Å². The summed E-state index contributed by atoms with van der Waals surface area (Å²) in [4.78, 5) is 18.0. The maximum absolute atomic E-state index is 12.3. The third-order valence-corrected chi connectivity index (χ3v) is 3.64. The van der Waals surface area contributed by atoms with Gasteiger partial charge in [-0.2, -0.15) is 0 Å². The predicted molar refractivity (Wildman–Crippen MR) is 78.8 cm³/mol. The molecule has 2 heterocycles. The second-order valence-electron chi connectivity index (χ2n) is 6.51. The number of rotatable bonds is 3. The SMILES string of the molecule is CC1C(NCc2cnco2)CCCN1C(=O)OC(C)(C)C. The van der Waals surface area contributed by atoms with Gasteiger partial charge in [-0.1, -0.05) is 0 Å². The quantitative estimate of drug-likeness (QED) is 0.928. The van der Waals surface area contributed by atoms with Crippen molar-refractivity contribution in [3.05, 3.63) is 18.4 Å². The minimum atomic E-state index is -0.461. The molecule has 1 aromatic heterocycles. The van der Waals surface area contributed by atoms with E-state index < -0.39 is 5.60 Å². The number of hydrogen-bond donors (Lipinski definition) is 1. The molecule has 0 aliphatic carbocycles. The molecule has 0 bridgehead atoms. The molecule has 1 aliphatic rings. The molecule has 0 spiro atoms. The van der Waals surface area contributed by atoms with E-state index in [2.05, 4.69) is 17.2 Å². The fraction of sp³-hybridized carbons (Fsp3) is 0.733. The van der Waals surface area contributed by atoms with Gasteiger partial charge in [0.25, 0.3) is 0 Å². The van der Waals surface area contributed by atoms with Gasteiger partial charge >= 0.3 is 6.09 Å². The van der Waals surface area contributed by atoms with Crippen LogP contribution in [0.4, 0.5) is 4.79 Å². The average Bonchev–Trinajstić information content (AvgIpc) is 2.88. The average molecular weight is 295 g/mol. The molecule has 1 saturated heterocycles. The van der Waals surface area contributed by atoms with Crippen molar-refractivity contribution in [2.24, 2.45) is 0 Å². The molecule has 1 aromatic rings. The van der Waals surface area contributed by atoms with Crippen LogP contribution >= 0.6 is 0 Å². The molecule has 1 N–H and O–H groups in total. The summed E-state index contributed by atoms with van der Waals surface area (Å²) in [6, 6.07) is 0.327. The molecule has 1 amide bonds. The Kier molecular flexibility index (Phi) is 4.88. The van der Waals surface area contributed by atoms with Crippen LogP contribution in [0.1, 0.15) is 46.3 Å². The Morgan fingerprint density at radius 2 is 2.33 bits per heavy atom. The molecule has 118 valence electrons. The van der Waals surface area contributed by atoms with Crippen molar-refractivity contribution in [1.82, 2.24) is 15.2 Å². The summed E-state index contributed by atoms with van der Waals surface area (Å²) in [7, 11) is 0. The smallest absolute Gasteiger partial charge is 0.410 e. The number of nitrogens with zero attached hydrogens (tertiary/aromatic N) is 2. The number of amides is 1. The van der Waals surface area contributed by atoms with E-state index in [4.69, 9.17) is 9.15 Å². The van der Waals surface area contributed by atoms with E-state index >= 15 is 0 Å². The molecule has 6 heteroatoms. The third kappa shape index (κ3) is 4.46. The second-order valence-corrected chi connectivity index (χ2v) is 6.51. The number of piperidine rings is 1. The zero-order valence-corrected chi connectivity index (χ0v) is 13.3. The largest absolute Gasteiger partial charge is 0.447 e. The Morgan fingerprint density at radius 1 is 1.57 bits per heavy atom. The number of nitrogens with one attached hydrogen (secondary N) is 1. The lowest BCUT2D eigenvalue weighted by molar-refractivity contribution is 0.00690. The first-order valence-electron chi connectivity index (χ1n) is 7.47. The van der Waals surface area contributed by atoms with Crippen molar-refractivity contribution >= 4 is 6.09 Å². The predicted octanol–water partition coefficient (Wildman–Crippen LogP) is 2.55. The molecule has 2 unspecified atom stereocenters. The molecule has 2 rings (SSSR count).